The van der Waals surface area contributed by atoms with Crippen molar-refractivity contribution in [2.75, 3.05) is 6.54 Å². The van der Waals surface area contributed by atoms with Crippen molar-refractivity contribution in [3.05, 3.63) is 40.3 Å². The van der Waals surface area contributed by atoms with Crippen LogP contribution in [0.1, 0.15) is 29.2 Å². The Balaban J connectivity index is 1.63. The van der Waals surface area contributed by atoms with E-state index in [1.807, 2.05) is 0 Å². The van der Waals surface area contributed by atoms with Gasteiger partial charge >= 0.3 is 0 Å². The lowest BCUT2D eigenvalue weighted by atomic mass is 10.2. The van der Waals surface area contributed by atoms with Gasteiger partial charge in [0.2, 0.25) is 0 Å². The molecule has 1 aliphatic heterocycles. The van der Waals surface area contributed by atoms with Crippen LogP contribution in [-0.4, -0.2) is 48.4 Å². The maximum Gasteiger partial charge on any atom is 0.289 e. The molecule has 4 rings (SSSR count). The lowest BCUT2D eigenvalue weighted by Crippen LogP contribution is -2.38. The Hall–Kier alpha value is -2.97. The fourth-order valence-electron chi connectivity index (χ4n) is 3.13. The lowest BCUT2D eigenvalue weighted by Gasteiger charge is -2.23. The Morgan fingerprint density at radius 3 is 3.17 bits per heavy atom. The second kappa shape index (κ2) is 5.59. The van der Waals surface area contributed by atoms with Crippen LogP contribution in [0.3, 0.4) is 0 Å². The number of amides is 1. The van der Waals surface area contributed by atoms with E-state index in [-0.39, 0.29) is 23.0 Å². The van der Waals surface area contributed by atoms with Crippen LogP contribution in [0.25, 0.3) is 11.2 Å². The van der Waals surface area contributed by atoms with E-state index >= 15 is 0 Å². The van der Waals surface area contributed by atoms with Crippen molar-refractivity contribution >= 4 is 17.1 Å². The third-order valence-electron chi connectivity index (χ3n) is 4.25. The van der Waals surface area contributed by atoms with Gasteiger partial charge in [0.15, 0.2) is 16.9 Å². The van der Waals surface area contributed by atoms with E-state index in [0.717, 1.165) is 12.8 Å². The molecule has 0 bridgehead atoms. The Morgan fingerprint density at radius 1 is 1.50 bits per heavy atom. The molecule has 1 amide bonds. The predicted octanol–water partition coefficient (Wildman–Crippen LogP) is 0.721. The van der Waals surface area contributed by atoms with Crippen LogP contribution in [0, 0.1) is 6.92 Å². The summed E-state index contributed by atoms with van der Waals surface area (Å²) in [7, 11) is 0. The highest BCUT2D eigenvalue weighted by Crippen LogP contribution is 2.22. The third-order valence-corrected chi connectivity index (χ3v) is 4.25. The van der Waals surface area contributed by atoms with Crippen molar-refractivity contribution in [1.29, 1.82) is 0 Å². The zero-order chi connectivity index (χ0) is 16.7. The first-order valence-electron chi connectivity index (χ1n) is 7.78. The quantitative estimate of drug-likeness (QED) is 0.758. The fourth-order valence-corrected chi connectivity index (χ4v) is 3.13. The minimum atomic E-state index is -0.307. The fraction of sp³-hybridized carbons (Fsp3) is 0.400. The second-order valence-electron chi connectivity index (χ2n) is 5.87. The normalized spacial score (nSPS) is 17.7. The molecule has 124 valence electrons. The van der Waals surface area contributed by atoms with E-state index in [1.54, 1.807) is 28.6 Å². The largest absolute Gasteiger partial charge is 0.459 e. The molecule has 0 aromatic carbocycles. The van der Waals surface area contributed by atoms with Crippen LogP contribution in [0.4, 0.5) is 0 Å². The second-order valence-corrected chi connectivity index (χ2v) is 5.87. The summed E-state index contributed by atoms with van der Waals surface area (Å²) < 4.78 is 6.80. The van der Waals surface area contributed by atoms with E-state index in [2.05, 4.69) is 20.3 Å². The van der Waals surface area contributed by atoms with Gasteiger partial charge in [-0.3, -0.25) is 9.59 Å². The molecule has 4 heterocycles. The van der Waals surface area contributed by atoms with Gasteiger partial charge in [-0.05, 0) is 31.9 Å². The Bertz CT molecular complexity index is 942. The maximum atomic E-state index is 12.5. The first kappa shape index (κ1) is 14.6. The van der Waals surface area contributed by atoms with E-state index < -0.39 is 0 Å². The van der Waals surface area contributed by atoms with Gasteiger partial charge in [0.25, 0.3) is 11.5 Å². The highest BCUT2D eigenvalue weighted by Gasteiger charge is 2.31. The lowest BCUT2D eigenvalue weighted by molar-refractivity contribution is 0.0689. The van der Waals surface area contributed by atoms with Crippen LogP contribution in [0.15, 0.2) is 27.6 Å². The molecule has 1 N–H and O–H groups in total. The van der Waals surface area contributed by atoms with E-state index in [9.17, 15) is 9.59 Å². The zero-order valence-electron chi connectivity index (χ0n) is 13.1. The molecule has 0 saturated carbocycles. The Kier molecular flexibility index (Phi) is 3.40. The number of nitrogens with one attached hydrogen (secondary N) is 1. The molecule has 3 aromatic rings. The number of furan rings is 1. The summed E-state index contributed by atoms with van der Waals surface area (Å²) >= 11 is 0. The van der Waals surface area contributed by atoms with Crippen molar-refractivity contribution in [2.24, 2.45) is 0 Å². The number of fused-ring (bicyclic) bond motifs is 1. The first-order chi connectivity index (χ1) is 11.6. The van der Waals surface area contributed by atoms with Crippen molar-refractivity contribution in [1.82, 2.24) is 29.9 Å². The van der Waals surface area contributed by atoms with E-state index in [4.69, 9.17) is 4.42 Å². The molecule has 0 unspecified atom stereocenters. The molecule has 1 atom stereocenters. The first-order valence-corrected chi connectivity index (χ1v) is 7.78. The molecule has 9 nitrogen and oxygen atoms in total. The van der Waals surface area contributed by atoms with Crippen LogP contribution in [0.2, 0.25) is 0 Å². The van der Waals surface area contributed by atoms with Gasteiger partial charge in [0.05, 0.1) is 18.8 Å². The molecular formula is C15H16N6O3. The number of H-pyrrole nitrogens is 1. The van der Waals surface area contributed by atoms with Gasteiger partial charge < -0.3 is 14.3 Å². The van der Waals surface area contributed by atoms with Crippen molar-refractivity contribution < 1.29 is 9.21 Å². The minimum absolute atomic E-state index is 0.0334. The van der Waals surface area contributed by atoms with Gasteiger partial charge in [0, 0.05) is 6.54 Å². The number of hydrogen-bond acceptors (Lipinski definition) is 6. The Labute approximate surface area is 136 Å². The molecular weight excluding hydrogens is 312 g/mol. The summed E-state index contributed by atoms with van der Waals surface area (Å²) in [6, 6.07) is 3.32. The summed E-state index contributed by atoms with van der Waals surface area (Å²) in [5, 5.41) is 7.95. The van der Waals surface area contributed by atoms with Crippen LogP contribution < -0.4 is 5.56 Å². The van der Waals surface area contributed by atoms with Gasteiger partial charge in [-0.25, -0.2) is 9.67 Å². The van der Waals surface area contributed by atoms with E-state index in [1.165, 1.54) is 6.26 Å². The summed E-state index contributed by atoms with van der Waals surface area (Å²) in [5.41, 5.74) is 0.342. The summed E-state index contributed by atoms with van der Waals surface area (Å²) in [6.45, 7) is 2.82. The van der Waals surface area contributed by atoms with Crippen LogP contribution >= 0.6 is 0 Å². The molecule has 1 aliphatic rings. The van der Waals surface area contributed by atoms with Crippen molar-refractivity contribution in [3.8, 4) is 0 Å². The molecule has 3 aromatic heterocycles. The highest BCUT2D eigenvalue weighted by atomic mass is 16.3. The number of hydrogen-bond donors (Lipinski definition) is 1. The molecule has 0 radical (unpaired) electrons. The average Bonchev–Trinajstić information content (AvgIpc) is 3.28. The maximum absolute atomic E-state index is 12.5. The number of nitrogens with zero attached hydrogens (tertiary/aromatic N) is 5. The SMILES string of the molecule is Cc1nc2c(nnn2C[C@H]2CCCN2C(=O)c2ccco2)c(=O)[nH]1. The number of aromatic nitrogens is 5. The van der Waals surface area contributed by atoms with Gasteiger partial charge in [-0.1, -0.05) is 5.21 Å². The van der Waals surface area contributed by atoms with Crippen LogP contribution in [0.5, 0.6) is 0 Å². The van der Waals surface area contributed by atoms with Crippen LogP contribution in [-0.2, 0) is 6.54 Å². The summed E-state index contributed by atoms with van der Waals surface area (Å²) in [6.07, 6.45) is 3.26. The topological polar surface area (TPSA) is 110 Å². The van der Waals surface area contributed by atoms with Gasteiger partial charge in [-0.15, -0.1) is 5.10 Å². The number of aryl methyl sites for hydroxylation is 1. The minimum Gasteiger partial charge on any atom is -0.459 e. The number of rotatable bonds is 3. The monoisotopic (exact) mass is 328 g/mol. The average molecular weight is 328 g/mol. The zero-order valence-corrected chi connectivity index (χ0v) is 13.1. The molecule has 0 spiro atoms. The van der Waals surface area contributed by atoms with Gasteiger partial charge in [0.1, 0.15) is 5.82 Å². The summed E-state index contributed by atoms with van der Waals surface area (Å²) in [4.78, 5) is 33.1. The Morgan fingerprint density at radius 2 is 2.38 bits per heavy atom. The van der Waals surface area contributed by atoms with Gasteiger partial charge in [-0.2, -0.15) is 0 Å². The highest BCUT2D eigenvalue weighted by molar-refractivity contribution is 5.91. The molecule has 1 saturated heterocycles. The number of carbonyl (C=O) groups is 1. The number of likely N-dealkylation sites (tertiary alicyclic amines) is 1. The van der Waals surface area contributed by atoms with E-state index in [0.29, 0.717) is 30.3 Å². The standard InChI is InChI=1S/C15H16N6O3/c1-9-16-13-12(14(22)17-9)18-19-21(13)8-10-4-2-6-20(10)15(23)11-5-3-7-24-11/h3,5,7,10H,2,4,6,8H2,1H3,(H,16,17,22)/t10-/m1/s1. The molecule has 24 heavy (non-hydrogen) atoms. The number of carbonyl (C=O) groups excluding carboxylic acids is 1. The predicted molar refractivity (Wildman–Crippen MR) is 83.4 cm³/mol. The smallest absolute Gasteiger partial charge is 0.289 e. The third kappa shape index (κ3) is 2.38. The number of aromatic amines is 1. The molecule has 1 fully saturated rings. The molecule has 0 aliphatic carbocycles. The summed E-state index contributed by atoms with van der Waals surface area (Å²) in [5.74, 6) is 0.704. The van der Waals surface area contributed by atoms with Crippen molar-refractivity contribution in [3.63, 3.8) is 0 Å². The molecule has 9 heteroatoms. The van der Waals surface area contributed by atoms with Crippen molar-refractivity contribution in [2.45, 2.75) is 32.4 Å².